The molecule has 4 nitrogen and oxygen atoms in total. The predicted molar refractivity (Wildman–Crippen MR) is 52.4 cm³/mol. The maximum absolute atomic E-state index is 11.1. The number of carbonyl (C=O) groups is 1. The topological polar surface area (TPSA) is 61.4 Å². The Kier molecular flexibility index (Phi) is 6.54. The van der Waals surface area contributed by atoms with Gasteiger partial charge < -0.3 is 15.7 Å². The van der Waals surface area contributed by atoms with Crippen molar-refractivity contribution in [3.05, 3.63) is 0 Å². The van der Waals surface area contributed by atoms with E-state index < -0.39 is 6.10 Å². The standard InChI is InChI=1S/C9H20N2O2/c1-4-8(12)5-11-9(13)6-10-7(2)3/h7-8,10,12H,4-6H2,1-3H3,(H,11,13). The van der Waals surface area contributed by atoms with Gasteiger partial charge in [0.1, 0.15) is 0 Å². The largest absolute Gasteiger partial charge is 0.391 e. The summed E-state index contributed by atoms with van der Waals surface area (Å²) in [7, 11) is 0. The zero-order valence-corrected chi connectivity index (χ0v) is 8.63. The average molecular weight is 188 g/mol. The lowest BCUT2D eigenvalue weighted by atomic mass is 10.3. The van der Waals surface area contributed by atoms with Crippen LogP contribution in [-0.2, 0) is 4.79 Å². The molecule has 1 atom stereocenters. The first-order valence-corrected chi connectivity index (χ1v) is 4.74. The lowest BCUT2D eigenvalue weighted by Gasteiger charge is -2.11. The van der Waals surface area contributed by atoms with E-state index in [1.54, 1.807) is 0 Å². The molecule has 0 aromatic carbocycles. The van der Waals surface area contributed by atoms with Gasteiger partial charge in [-0.1, -0.05) is 20.8 Å². The molecule has 1 unspecified atom stereocenters. The molecular weight excluding hydrogens is 168 g/mol. The molecule has 0 aromatic heterocycles. The Labute approximate surface area is 79.7 Å². The molecule has 0 bridgehead atoms. The molecule has 0 radical (unpaired) electrons. The van der Waals surface area contributed by atoms with E-state index in [0.29, 0.717) is 25.6 Å². The second kappa shape index (κ2) is 6.86. The molecule has 0 aromatic rings. The minimum absolute atomic E-state index is 0.0683. The van der Waals surface area contributed by atoms with Gasteiger partial charge in [-0.3, -0.25) is 4.79 Å². The third kappa shape index (κ3) is 7.74. The van der Waals surface area contributed by atoms with E-state index in [4.69, 9.17) is 5.11 Å². The van der Waals surface area contributed by atoms with Gasteiger partial charge in [-0.25, -0.2) is 0 Å². The smallest absolute Gasteiger partial charge is 0.234 e. The molecule has 4 heteroatoms. The van der Waals surface area contributed by atoms with Crippen molar-refractivity contribution in [1.29, 1.82) is 0 Å². The summed E-state index contributed by atoms with van der Waals surface area (Å²) in [5.41, 5.74) is 0. The molecule has 0 aliphatic heterocycles. The van der Waals surface area contributed by atoms with Crippen LogP contribution in [0.3, 0.4) is 0 Å². The predicted octanol–water partition coefficient (Wildman–Crippen LogP) is -0.128. The highest BCUT2D eigenvalue weighted by Gasteiger charge is 2.04. The van der Waals surface area contributed by atoms with E-state index >= 15 is 0 Å². The highest BCUT2D eigenvalue weighted by Crippen LogP contribution is 1.85. The molecule has 0 saturated heterocycles. The van der Waals surface area contributed by atoms with E-state index in [-0.39, 0.29) is 5.91 Å². The molecule has 13 heavy (non-hydrogen) atoms. The summed E-state index contributed by atoms with van der Waals surface area (Å²) < 4.78 is 0. The first-order chi connectivity index (χ1) is 6.06. The number of aliphatic hydroxyl groups excluding tert-OH is 1. The summed E-state index contributed by atoms with van der Waals surface area (Å²) in [4.78, 5) is 11.1. The van der Waals surface area contributed by atoms with Gasteiger partial charge in [0.2, 0.25) is 5.91 Å². The highest BCUT2D eigenvalue weighted by atomic mass is 16.3. The number of nitrogens with one attached hydrogen (secondary N) is 2. The van der Waals surface area contributed by atoms with Crippen LogP contribution in [0.25, 0.3) is 0 Å². The molecular formula is C9H20N2O2. The molecule has 1 amide bonds. The van der Waals surface area contributed by atoms with Crippen LogP contribution >= 0.6 is 0 Å². The minimum Gasteiger partial charge on any atom is -0.391 e. The number of hydrogen-bond donors (Lipinski definition) is 3. The van der Waals surface area contributed by atoms with Gasteiger partial charge in [-0.2, -0.15) is 0 Å². The molecule has 3 N–H and O–H groups in total. The van der Waals surface area contributed by atoms with Crippen molar-refractivity contribution in [3.63, 3.8) is 0 Å². The first-order valence-electron chi connectivity index (χ1n) is 4.74. The van der Waals surface area contributed by atoms with Crippen LogP contribution in [0, 0.1) is 0 Å². The minimum atomic E-state index is -0.428. The average Bonchev–Trinajstić information content (AvgIpc) is 2.10. The van der Waals surface area contributed by atoms with E-state index in [2.05, 4.69) is 10.6 Å². The van der Waals surface area contributed by atoms with Crippen LogP contribution in [0.5, 0.6) is 0 Å². The van der Waals surface area contributed by atoms with Crippen LogP contribution < -0.4 is 10.6 Å². The van der Waals surface area contributed by atoms with Gasteiger partial charge in [0, 0.05) is 12.6 Å². The lowest BCUT2D eigenvalue weighted by Crippen LogP contribution is -2.39. The molecule has 0 aliphatic carbocycles. The monoisotopic (exact) mass is 188 g/mol. The highest BCUT2D eigenvalue weighted by molar-refractivity contribution is 5.78. The Bertz CT molecular complexity index is 149. The van der Waals surface area contributed by atoms with Crippen LogP contribution in [0.15, 0.2) is 0 Å². The number of carbonyl (C=O) groups excluding carboxylic acids is 1. The molecule has 0 spiro atoms. The van der Waals surface area contributed by atoms with Crippen molar-refractivity contribution in [1.82, 2.24) is 10.6 Å². The van der Waals surface area contributed by atoms with Crippen molar-refractivity contribution in [3.8, 4) is 0 Å². The molecule has 0 saturated carbocycles. The van der Waals surface area contributed by atoms with Crippen molar-refractivity contribution >= 4 is 5.91 Å². The number of aliphatic hydroxyl groups is 1. The number of hydrogen-bond acceptors (Lipinski definition) is 3. The Morgan fingerprint density at radius 3 is 2.54 bits per heavy atom. The Balaban J connectivity index is 3.40. The summed E-state index contributed by atoms with van der Waals surface area (Å²) in [6.45, 7) is 6.49. The third-order valence-electron chi connectivity index (χ3n) is 1.68. The van der Waals surface area contributed by atoms with Crippen molar-refractivity contribution < 1.29 is 9.90 Å². The van der Waals surface area contributed by atoms with Gasteiger partial charge >= 0.3 is 0 Å². The van der Waals surface area contributed by atoms with E-state index in [1.165, 1.54) is 0 Å². The second-order valence-electron chi connectivity index (χ2n) is 3.40. The van der Waals surface area contributed by atoms with E-state index in [0.717, 1.165) is 0 Å². The zero-order valence-electron chi connectivity index (χ0n) is 8.63. The first kappa shape index (κ1) is 12.4. The fourth-order valence-electron chi connectivity index (χ4n) is 0.735. The Morgan fingerprint density at radius 2 is 2.08 bits per heavy atom. The molecule has 0 aliphatic rings. The van der Waals surface area contributed by atoms with E-state index in [1.807, 2.05) is 20.8 Å². The van der Waals surface area contributed by atoms with E-state index in [9.17, 15) is 4.79 Å². The van der Waals surface area contributed by atoms with Gasteiger partial charge in [0.25, 0.3) is 0 Å². The third-order valence-corrected chi connectivity index (χ3v) is 1.68. The number of rotatable bonds is 6. The van der Waals surface area contributed by atoms with Gasteiger partial charge in [-0.15, -0.1) is 0 Å². The molecule has 0 heterocycles. The maximum Gasteiger partial charge on any atom is 0.234 e. The van der Waals surface area contributed by atoms with Crippen LogP contribution in [0.2, 0.25) is 0 Å². The van der Waals surface area contributed by atoms with Crippen molar-refractivity contribution in [2.45, 2.75) is 39.3 Å². The molecule has 0 rings (SSSR count). The fourth-order valence-corrected chi connectivity index (χ4v) is 0.735. The Morgan fingerprint density at radius 1 is 1.46 bits per heavy atom. The van der Waals surface area contributed by atoms with Crippen molar-refractivity contribution in [2.75, 3.05) is 13.1 Å². The SMILES string of the molecule is CCC(O)CNC(=O)CNC(C)C. The van der Waals surface area contributed by atoms with Crippen LogP contribution in [-0.4, -0.2) is 36.2 Å². The van der Waals surface area contributed by atoms with Gasteiger partial charge in [-0.05, 0) is 6.42 Å². The number of amides is 1. The zero-order chi connectivity index (χ0) is 10.3. The summed E-state index contributed by atoms with van der Waals surface area (Å²) in [6.07, 6.45) is 0.237. The summed E-state index contributed by atoms with van der Waals surface area (Å²) >= 11 is 0. The summed E-state index contributed by atoms with van der Waals surface area (Å²) in [5, 5.41) is 14.8. The normalized spacial score (nSPS) is 13.0. The quantitative estimate of drug-likeness (QED) is 0.544. The second-order valence-corrected chi connectivity index (χ2v) is 3.40. The van der Waals surface area contributed by atoms with Gasteiger partial charge in [0.05, 0.1) is 12.6 Å². The fraction of sp³-hybridized carbons (Fsp3) is 0.889. The molecule has 78 valence electrons. The molecule has 0 fully saturated rings. The van der Waals surface area contributed by atoms with Crippen molar-refractivity contribution in [2.24, 2.45) is 0 Å². The van der Waals surface area contributed by atoms with Crippen LogP contribution in [0.4, 0.5) is 0 Å². The lowest BCUT2D eigenvalue weighted by molar-refractivity contribution is -0.120. The van der Waals surface area contributed by atoms with Gasteiger partial charge in [0.15, 0.2) is 0 Å². The van der Waals surface area contributed by atoms with Crippen LogP contribution in [0.1, 0.15) is 27.2 Å². The summed E-state index contributed by atoms with van der Waals surface area (Å²) in [5.74, 6) is -0.0683. The Hall–Kier alpha value is -0.610. The maximum atomic E-state index is 11.1. The summed E-state index contributed by atoms with van der Waals surface area (Å²) in [6, 6.07) is 0.307.